The Bertz CT molecular complexity index is 276. The van der Waals surface area contributed by atoms with Gasteiger partial charge in [-0.15, -0.1) is 6.42 Å². The average Bonchev–Trinajstić information content (AvgIpc) is 2.19. The third-order valence-electron chi connectivity index (χ3n) is 1.59. The molecule has 0 aliphatic rings. The summed E-state index contributed by atoms with van der Waals surface area (Å²) in [4.78, 5) is 5.18. The van der Waals surface area contributed by atoms with Gasteiger partial charge in [0.1, 0.15) is 0 Å². The zero-order valence-corrected chi connectivity index (χ0v) is 7.66. The first-order chi connectivity index (χ1) is 6.33. The van der Waals surface area contributed by atoms with Crippen LogP contribution in [0.5, 0.6) is 0 Å². The van der Waals surface area contributed by atoms with Crippen LogP contribution in [0, 0.1) is 12.3 Å². The van der Waals surface area contributed by atoms with E-state index >= 15 is 0 Å². The summed E-state index contributed by atoms with van der Waals surface area (Å²) in [5, 5.41) is 0. The third-order valence-corrected chi connectivity index (χ3v) is 1.59. The lowest BCUT2D eigenvalue weighted by Crippen LogP contribution is -2.24. The van der Waals surface area contributed by atoms with E-state index in [-0.39, 0.29) is 6.04 Å². The molecule has 1 rings (SSSR count). The van der Waals surface area contributed by atoms with E-state index in [9.17, 15) is 0 Å². The summed E-state index contributed by atoms with van der Waals surface area (Å²) in [5.74, 6) is 2.52. The van der Waals surface area contributed by atoms with Crippen LogP contribution in [0.2, 0.25) is 0 Å². The second-order valence-corrected chi connectivity index (χ2v) is 2.78. The molecular formula is C11H13NO. The number of hydroxylamine groups is 1. The molecule has 0 aliphatic carbocycles. The molecule has 1 aromatic rings. The number of benzene rings is 1. The van der Waals surface area contributed by atoms with E-state index in [4.69, 9.17) is 11.3 Å². The molecule has 1 N–H and O–H groups in total. The molecule has 0 radical (unpaired) electrons. The van der Waals surface area contributed by atoms with Crippen LogP contribution in [0.3, 0.4) is 0 Å². The van der Waals surface area contributed by atoms with Gasteiger partial charge in [0.25, 0.3) is 0 Å². The van der Waals surface area contributed by atoms with Gasteiger partial charge in [-0.2, -0.15) is 5.48 Å². The van der Waals surface area contributed by atoms with Gasteiger partial charge in [0.2, 0.25) is 0 Å². The summed E-state index contributed by atoms with van der Waals surface area (Å²) < 4.78 is 0. The van der Waals surface area contributed by atoms with Crippen LogP contribution in [-0.4, -0.2) is 6.04 Å². The molecule has 1 atom stereocenters. The molecule has 68 valence electrons. The minimum atomic E-state index is -0.0521. The topological polar surface area (TPSA) is 21.3 Å². The van der Waals surface area contributed by atoms with E-state index in [2.05, 4.69) is 11.4 Å². The van der Waals surface area contributed by atoms with Crippen molar-refractivity contribution in [2.45, 2.75) is 19.6 Å². The Hall–Kier alpha value is -1.30. The van der Waals surface area contributed by atoms with Gasteiger partial charge in [-0.1, -0.05) is 36.3 Å². The van der Waals surface area contributed by atoms with Crippen molar-refractivity contribution >= 4 is 0 Å². The maximum Gasteiger partial charge on any atom is 0.0933 e. The van der Waals surface area contributed by atoms with Crippen molar-refractivity contribution in [2.75, 3.05) is 0 Å². The summed E-state index contributed by atoms with van der Waals surface area (Å²) in [5.41, 5.74) is 3.87. The third kappa shape index (κ3) is 3.75. The first kappa shape index (κ1) is 9.79. The molecule has 0 aliphatic heterocycles. The zero-order chi connectivity index (χ0) is 9.52. The smallest absolute Gasteiger partial charge is 0.0933 e. The van der Waals surface area contributed by atoms with Gasteiger partial charge >= 0.3 is 0 Å². The van der Waals surface area contributed by atoms with Gasteiger partial charge in [0.15, 0.2) is 0 Å². The highest BCUT2D eigenvalue weighted by molar-refractivity contribution is 5.13. The van der Waals surface area contributed by atoms with Gasteiger partial charge < -0.3 is 0 Å². The van der Waals surface area contributed by atoms with Crippen molar-refractivity contribution in [1.29, 1.82) is 0 Å². The van der Waals surface area contributed by atoms with Crippen LogP contribution in [0.4, 0.5) is 0 Å². The van der Waals surface area contributed by atoms with Crippen LogP contribution in [-0.2, 0) is 11.4 Å². The lowest BCUT2D eigenvalue weighted by atomic mass is 10.2. The largest absolute Gasteiger partial charge is 0.296 e. The second-order valence-electron chi connectivity index (χ2n) is 2.78. The minimum absolute atomic E-state index is 0.0521. The van der Waals surface area contributed by atoms with Crippen LogP contribution >= 0.6 is 0 Å². The Kier molecular flexibility index (Phi) is 4.04. The van der Waals surface area contributed by atoms with Crippen LogP contribution in [0.15, 0.2) is 30.3 Å². The van der Waals surface area contributed by atoms with Crippen molar-refractivity contribution in [2.24, 2.45) is 0 Å². The Morgan fingerprint density at radius 1 is 1.46 bits per heavy atom. The molecule has 0 amide bonds. The van der Waals surface area contributed by atoms with Gasteiger partial charge in [0, 0.05) is 0 Å². The van der Waals surface area contributed by atoms with E-state index in [0.717, 1.165) is 5.56 Å². The van der Waals surface area contributed by atoms with Gasteiger partial charge in [0.05, 0.1) is 12.6 Å². The Morgan fingerprint density at radius 3 is 2.77 bits per heavy atom. The summed E-state index contributed by atoms with van der Waals surface area (Å²) in [6.45, 7) is 2.40. The molecule has 0 aromatic heterocycles. The lowest BCUT2D eigenvalue weighted by molar-refractivity contribution is 0.0188. The number of nitrogens with one attached hydrogen (secondary N) is 1. The van der Waals surface area contributed by atoms with Crippen molar-refractivity contribution in [1.82, 2.24) is 5.48 Å². The number of hydrogen-bond acceptors (Lipinski definition) is 2. The Labute approximate surface area is 78.9 Å². The number of rotatable bonds is 4. The van der Waals surface area contributed by atoms with E-state index < -0.39 is 0 Å². The minimum Gasteiger partial charge on any atom is -0.296 e. The number of terminal acetylenes is 1. The van der Waals surface area contributed by atoms with Crippen LogP contribution in [0.1, 0.15) is 12.5 Å². The fourth-order valence-electron chi connectivity index (χ4n) is 0.858. The first-order valence-corrected chi connectivity index (χ1v) is 4.20. The Balaban J connectivity index is 2.25. The van der Waals surface area contributed by atoms with Gasteiger partial charge in [-0.05, 0) is 12.5 Å². The highest BCUT2D eigenvalue weighted by Crippen LogP contribution is 1.99. The normalized spacial score (nSPS) is 12.0. The second kappa shape index (κ2) is 5.36. The average molecular weight is 175 g/mol. The highest BCUT2D eigenvalue weighted by atomic mass is 16.6. The summed E-state index contributed by atoms with van der Waals surface area (Å²) >= 11 is 0. The lowest BCUT2D eigenvalue weighted by Gasteiger charge is -2.07. The Morgan fingerprint density at radius 2 is 2.15 bits per heavy atom. The van der Waals surface area contributed by atoms with E-state index in [1.54, 1.807) is 0 Å². The maximum absolute atomic E-state index is 5.18. The first-order valence-electron chi connectivity index (χ1n) is 4.20. The summed E-state index contributed by atoms with van der Waals surface area (Å²) in [6.07, 6.45) is 5.16. The summed E-state index contributed by atoms with van der Waals surface area (Å²) in [7, 11) is 0. The van der Waals surface area contributed by atoms with Gasteiger partial charge in [-0.3, -0.25) is 4.84 Å². The van der Waals surface area contributed by atoms with Crippen molar-refractivity contribution in [3.63, 3.8) is 0 Å². The summed E-state index contributed by atoms with van der Waals surface area (Å²) in [6, 6.07) is 9.88. The molecule has 0 fully saturated rings. The molecule has 0 bridgehead atoms. The van der Waals surface area contributed by atoms with E-state index in [1.807, 2.05) is 37.3 Å². The molecule has 2 heteroatoms. The monoisotopic (exact) mass is 175 g/mol. The van der Waals surface area contributed by atoms with E-state index in [0.29, 0.717) is 6.61 Å². The molecule has 0 saturated carbocycles. The predicted molar refractivity (Wildman–Crippen MR) is 52.7 cm³/mol. The molecule has 13 heavy (non-hydrogen) atoms. The predicted octanol–water partition coefficient (Wildman–Crippen LogP) is 1.73. The molecule has 1 unspecified atom stereocenters. The molecule has 1 aromatic carbocycles. The van der Waals surface area contributed by atoms with Crippen molar-refractivity contribution in [3.05, 3.63) is 35.9 Å². The van der Waals surface area contributed by atoms with Crippen LogP contribution < -0.4 is 5.48 Å². The fraction of sp³-hybridized carbons (Fsp3) is 0.273. The molecule has 0 spiro atoms. The quantitative estimate of drug-likeness (QED) is 0.556. The van der Waals surface area contributed by atoms with Gasteiger partial charge in [-0.25, -0.2) is 0 Å². The molecule has 0 heterocycles. The zero-order valence-electron chi connectivity index (χ0n) is 7.66. The standard InChI is InChI=1S/C11H13NO/c1-3-10(2)12-13-9-11-7-5-4-6-8-11/h1,4-8,10,12H,9H2,2H3. The fourth-order valence-corrected chi connectivity index (χ4v) is 0.858. The maximum atomic E-state index is 5.18. The number of hydrogen-bond donors (Lipinski definition) is 1. The van der Waals surface area contributed by atoms with E-state index in [1.165, 1.54) is 0 Å². The highest BCUT2D eigenvalue weighted by Gasteiger charge is 1.95. The molecule has 2 nitrogen and oxygen atoms in total. The molecular weight excluding hydrogens is 162 g/mol. The molecule has 0 saturated heterocycles. The van der Waals surface area contributed by atoms with Crippen molar-refractivity contribution < 1.29 is 4.84 Å². The SMILES string of the molecule is C#CC(C)NOCc1ccccc1. The van der Waals surface area contributed by atoms with Crippen molar-refractivity contribution in [3.8, 4) is 12.3 Å². The van der Waals surface area contributed by atoms with Crippen LogP contribution in [0.25, 0.3) is 0 Å².